The van der Waals surface area contributed by atoms with Crippen molar-refractivity contribution in [1.82, 2.24) is 14.7 Å². The monoisotopic (exact) mass is 421 g/mol. The number of hydrogen-bond acceptors (Lipinski definition) is 4. The molecule has 31 heavy (non-hydrogen) atoms. The van der Waals surface area contributed by atoms with Gasteiger partial charge in [-0.2, -0.15) is 5.10 Å². The number of nitrogens with zero attached hydrogens (tertiary/aromatic N) is 3. The van der Waals surface area contributed by atoms with Gasteiger partial charge in [0.05, 0.1) is 11.1 Å². The van der Waals surface area contributed by atoms with Crippen molar-refractivity contribution in [2.24, 2.45) is 5.92 Å². The van der Waals surface area contributed by atoms with E-state index < -0.39 is 0 Å². The van der Waals surface area contributed by atoms with Crippen molar-refractivity contribution in [1.29, 1.82) is 0 Å². The van der Waals surface area contributed by atoms with Gasteiger partial charge in [-0.15, -0.1) is 0 Å². The third-order valence-corrected chi connectivity index (χ3v) is 6.23. The molecule has 1 aliphatic rings. The Balaban J connectivity index is 1.24. The molecule has 4 rings (SSSR count). The van der Waals surface area contributed by atoms with Crippen LogP contribution in [0.25, 0.3) is 10.8 Å². The van der Waals surface area contributed by atoms with Crippen LogP contribution in [0.2, 0.25) is 0 Å². The van der Waals surface area contributed by atoms with E-state index in [9.17, 15) is 14.0 Å². The highest BCUT2D eigenvalue weighted by molar-refractivity contribution is 5.97. The molecule has 0 spiro atoms. The van der Waals surface area contributed by atoms with Gasteiger partial charge < -0.3 is 4.90 Å². The SMILES string of the molecule is Cc1nn(CCCCN2CCC(C(=O)c3ccc(F)cc3)CC2)c(=O)c2ccccc12. The van der Waals surface area contributed by atoms with Crippen molar-refractivity contribution in [3.63, 3.8) is 0 Å². The van der Waals surface area contributed by atoms with Gasteiger partial charge in [-0.05, 0) is 82.6 Å². The minimum atomic E-state index is -0.317. The second-order valence-corrected chi connectivity index (χ2v) is 8.35. The molecule has 0 N–H and O–H groups in total. The lowest BCUT2D eigenvalue weighted by Gasteiger charge is -2.31. The van der Waals surface area contributed by atoms with Crippen molar-refractivity contribution >= 4 is 16.6 Å². The van der Waals surface area contributed by atoms with Gasteiger partial charge in [0.25, 0.3) is 5.56 Å². The summed E-state index contributed by atoms with van der Waals surface area (Å²) in [6.45, 7) is 5.30. The summed E-state index contributed by atoms with van der Waals surface area (Å²) in [6, 6.07) is 13.5. The Morgan fingerprint density at radius 1 is 1.00 bits per heavy atom. The number of ketones is 1. The maximum absolute atomic E-state index is 13.1. The lowest BCUT2D eigenvalue weighted by atomic mass is 9.89. The minimum absolute atomic E-state index is 0.0186. The highest BCUT2D eigenvalue weighted by Gasteiger charge is 2.25. The third-order valence-electron chi connectivity index (χ3n) is 6.23. The van der Waals surface area contributed by atoms with Gasteiger partial charge >= 0.3 is 0 Å². The van der Waals surface area contributed by atoms with E-state index in [-0.39, 0.29) is 23.1 Å². The lowest BCUT2D eigenvalue weighted by Crippen LogP contribution is -2.37. The van der Waals surface area contributed by atoms with E-state index in [1.807, 2.05) is 31.2 Å². The molecule has 0 radical (unpaired) electrons. The first-order valence-electron chi connectivity index (χ1n) is 11.0. The molecule has 2 aromatic carbocycles. The van der Waals surface area contributed by atoms with Crippen LogP contribution in [-0.4, -0.2) is 40.1 Å². The van der Waals surface area contributed by atoms with Crippen LogP contribution in [0.5, 0.6) is 0 Å². The van der Waals surface area contributed by atoms with Crippen LogP contribution in [0.4, 0.5) is 4.39 Å². The number of aryl methyl sites for hydroxylation is 2. The largest absolute Gasteiger partial charge is 0.303 e. The van der Waals surface area contributed by atoms with Crippen molar-refractivity contribution in [2.45, 2.75) is 39.2 Å². The molecule has 162 valence electrons. The second kappa shape index (κ2) is 9.52. The quantitative estimate of drug-likeness (QED) is 0.423. The number of halogens is 1. The molecule has 2 heterocycles. The van der Waals surface area contributed by atoms with Crippen LogP contribution in [0.15, 0.2) is 53.3 Å². The fraction of sp³-hybridized carbons (Fsp3) is 0.400. The molecule has 3 aromatic rings. The van der Waals surface area contributed by atoms with Gasteiger partial charge in [-0.1, -0.05) is 18.2 Å². The number of carbonyl (C=O) groups is 1. The average Bonchev–Trinajstić information content (AvgIpc) is 2.80. The Hall–Kier alpha value is -2.86. The summed E-state index contributed by atoms with van der Waals surface area (Å²) >= 11 is 0. The van der Waals surface area contributed by atoms with E-state index in [0.717, 1.165) is 61.8 Å². The summed E-state index contributed by atoms with van der Waals surface area (Å²) in [4.78, 5) is 27.6. The molecule has 1 saturated heterocycles. The molecule has 6 heteroatoms. The minimum Gasteiger partial charge on any atom is -0.303 e. The highest BCUT2D eigenvalue weighted by Crippen LogP contribution is 2.22. The maximum atomic E-state index is 13.1. The smallest absolute Gasteiger partial charge is 0.274 e. The van der Waals surface area contributed by atoms with Gasteiger partial charge in [-0.3, -0.25) is 9.59 Å². The molecular formula is C25H28FN3O2. The molecule has 0 unspecified atom stereocenters. The number of unbranched alkanes of at least 4 members (excludes halogenated alkanes) is 1. The number of likely N-dealkylation sites (tertiary alicyclic amines) is 1. The number of hydrogen-bond donors (Lipinski definition) is 0. The predicted octanol–water partition coefficient (Wildman–Crippen LogP) is 4.22. The van der Waals surface area contributed by atoms with Gasteiger partial charge in [0.2, 0.25) is 0 Å². The topological polar surface area (TPSA) is 55.2 Å². The molecule has 0 atom stereocenters. The van der Waals surface area contributed by atoms with Gasteiger partial charge in [0.15, 0.2) is 5.78 Å². The van der Waals surface area contributed by atoms with E-state index in [1.165, 1.54) is 12.1 Å². The zero-order chi connectivity index (χ0) is 21.8. The summed E-state index contributed by atoms with van der Waals surface area (Å²) < 4.78 is 14.7. The Bertz CT molecular complexity index is 1120. The first kappa shape index (κ1) is 21.4. The third kappa shape index (κ3) is 4.90. The average molecular weight is 422 g/mol. The normalized spacial score (nSPS) is 15.4. The van der Waals surface area contributed by atoms with E-state index in [4.69, 9.17) is 0 Å². The Morgan fingerprint density at radius 3 is 2.35 bits per heavy atom. The Kier molecular flexibility index (Phi) is 6.56. The molecular weight excluding hydrogens is 393 g/mol. The lowest BCUT2D eigenvalue weighted by molar-refractivity contribution is 0.0838. The summed E-state index contributed by atoms with van der Waals surface area (Å²) in [5.74, 6) is -0.176. The number of Topliss-reactive ketones (excluding diaryl/α,β-unsaturated/α-hetero) is 1. The van der Waals surface area contributed by atoms with E-state index in [0.29, 0.717) is 12.1 Å². The highest BCUT2D eigenvalue weighted by atomic mass is 19.1. The fourth-order valence-corrected chi connectivity index (χ4v) is 4.42. The molecule has 0 amide bonds. The molecule has 0 saturated carbocycles. The molecule has 0 aliphatic carbocycles. The van der Waals surface area contributed by atoms with Crippen LogP contribution >= 0.6 is 0 Å². The maximum Gasteiger partial charge on any atom is 0.274 e. The Morgan fingerprint density at radius 2 is 1.65 bits per heavy atom. The second-order valence-electron chi connectivity index (χ2n) is 8.35. The zero-order valence-corrected chi connectivity index (χ0v) is 17.9. The van der Waals surface area contributed by atoms with Crippen LogP contribution < -0.4 is 5.56 Å². The van der Waals surface area contributed by atoms with Crippen molar-refractivity contribution in [3.05, 3.63) is 76.0 Å². The summed E-state index contributed by atoms with van der Waals surface area (Å²) in [5.41, 5.74) is 1.45. The van der Waals surface area contributed by atoms with Gasteiger partial charge in [0.1, 0.15) is 5.82 Å². The number of aromatic nitrogens is 2. The number of benzene rings is 2. The number of piperidine rings is 1. The van der Waals surface area contributed by atoms with Crippen LogP contribution in [0, 0.1) is 18.7 Å². The van der Waals surface area contributed by atoms with Crippen molar-refractivity contribution in [2.75, 3.05) is 19.6 Å². The molecule has 0 bridgehead atoms. The standard InChI is InChI=1S/C25H28FN3O2/c1-18-22-6-2-3-7-23(22)25(31)29(27-18)15-5-4-14-28-16-12-20(13-17-28)24(30)19-8-10-21(26)11-9-19/h2-3,6-11,20H,4-5,12-17H2,1H3. The van der Waals surface area contributed by atoms with Crippen LogP contribution in [0.3, 0.4) is 0 Å². The first-order valence-corrected chi connectivity index (χ1v) is 11.0. The van der Waals surface area contributed by atoms with Crippen molar-refractivity contribution in [3.8, 4) is 0 Å². The van der Waals surface area contributed by atoms with Gasteiger partial charge in [-0.25, -0.2) is 9.07 Å². The summed E-state index contributed by atoms with van der Waals surface area (Å²) in [7, 11) is 0. The molecule has 1 aliphatic heterocycles. The zero-order valence-electron chi connectivity index (χ0n) is 17.9. The summed E-state index contributed by atoms with van der Waals surface area (Å²) in [6.07, 6.45) is 3.54. The van der Waals surface area contributed by atoms with E-state index in [1.54, 1.807) is 16.8 Å². The molecule has 1 aromatic heterocycles. The fourth-order valence-electron chi connectivity index (χ4n) is 4.42. The van der Waals surface area contributed by atoms with Gasteiger partial charge in [0, 0.05) is 23.4 Å². The summed E-state index contributed by atoms with van der Waals surface area (Å²) in [5, 5.41) is 6.12. The van der Waals surface area contributed by atoms with Crippen LogP contribution in [0.1, 0.15) is 41.7 Å². The Labute approximate surface area is 181 Å². The number of rotatable bonds is 7. The molecule has 1 fully saturated rings. The first-order chi connectivity index (χ1) is 15.0. The number of carbonyl (C=O) groups excluding carboxylic acids is 1. The predicted molar refractivity (Wildman–Crippen MR) is 120 cm³/mol. The number of fused-ring (bicyclic) bond motifs is 1. The van der Waals surface area contributed by atoms with E-state index >= 15 is 0 Å². The van der Waals surface area contributed by atoms with E-state index in [2.05, 4.69) is 10.00 Å². The van der Waals surface area contributed by atoms with Crippen molar-refractivity contribution < 1.29 is 9.18 Å². The van der Waals surface area contributed by atoms with Crippen LogP contribution in [-0.2, 0) is 6.54 Å². The molecule has 5 nitrogen and oxygen atoms in total.